The van der Waals surface area contributed by atoms with E-state index in [4.69, 9.17) is 4.74 Å². The Morgan fingerprint density at radius 1 is 1.29 bits per heavy atom. The molecule has 5 nitrogen and oxygen atoms in total. The molecule has 1 fully saturated rings. The van der Waals surface area contributed by atoms with Gasteiger partial charge >= 0.3 is 0 Å². The Bertz CT molecular complexity index is 814. The highest BCUT2D eigenvalue weighted by Gasteiger charge is 2.18. The monoisotopic (exact) mass is 323 g/mol. The zero-order valence-corrected chi connectivity index (χ0v) is 13.8. The molecule has 124 valence electrons. The first-order valence-electron chi connectivity index (χ1n) is 8.22. The summed E-state index contributed by atoms with van der Waals surface area (Å²) in [6.07, 6.45) is 2.08. The van der Waals surface area contributed by atoms with Crippen molar-refractivity contribution in [1.29, 1.82) is 5.26 Å². The van der Waals surface area contributed by atoms with Crippen molar-refractivity contribution in [3.05, 3.63) is 52.3 Å². The molecule has 0 unspecified atom stereocenters. The van der Waals surface area contributed by atoms with Crippen molar-refractivity contribution < 1.29 is 4.74 Å². The smallest absolute Gasteiger partial charge is 0.268 e. The SMILES string of the molecule is COc1cccc(-c2ccc(C#N)c(=O)n2CC2CCNCC2)c1. The summed E-state index contributed by atoms with van der Waals surface area (Å²) in [5.41, 5.74) is 1.73. The molecule has 0 bridgehead atoms. The number of piperidine rings is 1. The maximum atomic E-state index is 12.7. The molecule has 1 aliphatic rings. The summed E-state index contributed by atoms with van der Waals surface area (Å²) in [5, 5.41) is 12.5. The summed E-state index contributed by atoms with van der Waals surface area (Å²) in [7, 11) is 1.63. The maximum Gasteiger partial charge on any atom is 0.268 e. The lowest BCUT2D eigenvalue weighted by molar-refractivity contribution is 0.331. The Morgan fingerprint density at radius 3 is 2.79 bits per heavy atom. The van der Waals surface area contributed by atoms with Crippen LogP contribution in [0.1, 0.15) is 18.4 Å². The highest BCUT2D eigenvalue weighted by Crippen LogP contribution is 2.25. The maximum absolute atomic E-state index is 12.7. The molecular weight excluding hydrogens is 302 g/mol. The summed E-state index contributed by atoms with van der Waals surface area (Å²) in [6.45, 7) is 2.60. The van der Waals surface area contributed by atoms with Crippen LogP contribution in [0, 0.1) is 17.2 Å². The molecular formula is C19H21N3O2. The average molecular weight is 323 g/mol. The first-order valence-corrected chi connectivity index (χ1v) is 8.22. The van der Waals surface area contributed by atoms with Crippen molar-refractivity contribution in [2.24, 2.45) is 5.92 Å². The van der Waals surface area contributed by atoms with E-state index in [0.717, 1.165) is 42.9 Å². The number of aromatic nitrogens is 1. The van der Waals surface area contributed by atoms with Gasteiger partial charge in [-0.05, 0) is 56.1 Å². The molecule has 5 heteroatoms. The summed E-state index contributed by atoms with van der Waals surface area (Å²) in [4.78, 5) is 12.7. The van der Waals surface area contributed by atoms with E-state index in [-0.39, 0.29) is 11.1 Å². The Morgan fingerprint density at radius 2 is 2.08 bits per heavy atom. The van der Waals surface area contributed by atoms with Crippen LogP contribution in [0.3, 0.4) is 0 Å². The third-order valence-corrected chi connectivity index (χ3v) is 4.56. The number of methoxy groups -OCH3 is 1. The van der Waals surface area contributed by atoms with Crippen LogP contribution < -0.4 is 15.6 Å². The second kappa shape index (κ2) is 7.33. The second-order valence-corrected chi connectivity index (χ2v) is 6.09. The van der Waals surface area contributed by atoms with Crippen LogP contribution in [0.5, 0.6) is 5.75 Å². The normalized spacial score (nSPS) is 15.0. The van der Waals surface area contributed by atoms with Crippen LogP contribution in [0.15, 0.2) is 41.2 Å². The van der Waals surface area contributed by atoms with Crippen molar-refractivity contribution in [1.82, 2.24) is 9.88 Å². The number of pyridine rings is 1. The Hall–Kier alpha value is -2.58. The van der Waals surface area contributed by atoms with Gasteiger partial charge < -0.3 is 14.6 Å². The van der Waals surface area contributed by atoms with Crippen LogP contribution in [0.2, 0.25) is 0 Å². The zero-order chi connectivity index (χ0) is 16.9. The Labute approximate surface area is 141 Å². The highest BCUT2D eigenvalue weighted by molar-refractivity contribution is 5.62. The van der Waals surface area contributed by atoms with Gasteiger partial charge in [0.05, 0.1) is 12.8 Å². The largest absolute Gasteiger partial charge is 0.497 e. The van der Waals surface area contributed by atoms with Gasteiger partial charge in [-0.1, -0.05) is 12.1 Å². The number of benzene rings is 1. The minimum absolute atomic E-state index is 0.190. The summed E-state index contributed by atoms with van der Waals surface area (Å²) >= 11 is 0. The van der Waals surface area contributed by atoms with E-state index in [1.807, 2.05) is 36.4 Å². The predicted octanol–water partition coefficient (Wildman–Crippen LogP) is 2.40. The molecule has 2 heterocycles. The minimum Gasteiger partial charge on any atom is -0.497 e. The minimum atomic E-state index is -0.212. The number of hydrogen-bond donors (Lipinski definition) is 1. The van der Waals surface area contributed by atoms with Gasteiger partial charge in [0.1, 0.15) is 17.4 Å². The van der Waals surface area contributed by atoms with Crippen molar-refractivity contribution in [2.75, 3.05) is 20.2 Å². The van der Waals surface area contributed by atoms with Gasteiger partial charge in [-0.25, -0.2) is 0 Å². The van der Waals surface area contributed by atoms with Gasteiger partial charge in [-0.2, -0.15) is 5.26 Å². The van der Waals surface area contributed by atoms with Gasteiger partial charge in [0.15, 0.2) is 0 Å². The summed E-state index contributed by atoms with van der Waals surface area (Å²) < 4.78 is 7.05. The Balaban J connectivity index is 2.06. The highest BCUT2D eigenvalue weighted by atomic mass is 16.5. The molecule has 24 heavy (non-hydrogen) atoms. The van der Waals surface area contributed by atoms with Crippen molar-refractivity contribution in [2.45, 2.75) is 19.4 Å². The van der Waals surface area contributed by atoms with E-state index in [2.05, 4.69) is 5.32 Å². The fraction of sp³-hybridized carbons (Fsp3) is 0.368. The molecule has 0 amide bonds. The topological polar surface area (TPSA) is 67.0 Å². The lowest BCUT2D eigenvalue weighted by Gasteiger charge is -2.25. The quantitative estimate of drug-likeness (QED) is 0.938. The van der Waals surface area contributed by atoms with E-state index in [1.165, 1.54) is 0 Å². The molecule has 3 rings (SSSR count). The molecule has 1 N–H and O–H groups in total. The van der Waals surface area contributed by atoms with Crippen molar-refractivity contribution >= 4 is 0 Å². The van der Waals surface area contributed by atoms with Gasteiger partial charge in [0.2, 0.25) is 0 Å². The molecule has 1 aliphatic heterocycles. The lowest BCUT2D eigenvalue weighted by Crippen LogP contribution is -2.33. The van der Waals surface area contributed by atoms with Gasteiger partial charge in [-0.3, -0.25) is 4.79 Å². The molecule has 0 radical (unpaired) electrons. The fourth-order valence-electron chi connectivity index (χ4n) is 3.20. The van der Waals surface area contributed by atoms with E-state index >= 15 is 0 Å². The van der Waals surface area contributed by atoms with Gasteiger partial charge in [0, 0.05) is 12.1 Å². The van der Waals surface area contributed by atoms with Crippen molar-refractivity contribution in [3.8, 4) is 23.1 Å². The number of ether oxygens (including phenoxy) is 1. The third kappa shape index (κ3) is 3.34. The van der Waals surface area contributed by atoms with E-state index in [1.54, 1.807) is 17.7 Å². The number of nitriles is 1. The molecule has 2 aromatic rings. The van der Waals surface area contributed by atoms with Crippen LogP contribution in [0.25, 0.3) is 11.3 Å². The summed E-state index contributed by atoms with van der Waals surface area (Å²) in [5.74, 6) is 1.19. The molecule has 1 aromatic heterocycles. The van der Waals surface area contributed by atoms with E-state index in [0.29, 0.717) is 12.5 Å². The second-order valence-electron chi connectivity index (χ2n) is 6.09. The fourth-order valence-corrected chi connectivity index (χ4v) is 3.20. The first kappa shape index (κ1) is 16.3. The average Bonchev–Trinajstić information content (AvgIpc) is 2.64. The third-order valence-electron chi connectivity index (χ3n) is 4.56. The first-order chi connectivity index (χ1) is 11.7. The van der Waals surface area contributed by atoms with Crippen LogP contribution in [-0.2, 0) is 6.54 Å². The van der Waals surface area contributed by atoms with Crippen LogP contribution in [0.4, 0.5) is 0 Å². The summed E-state index contributed by atoms with van der Waals surface area (Å²) in [6, 6.07) is 13.1. The van der Waals surface area contributed by atoms with Crippen molar-refractivity contribution in [3.63, 3.8) is 0 Å². The van der Waals surface area contributed by atoms with Crippen LogP contribution in [-0.4, -0.2) is 24.8 Å². The molecule has 0 aliphatic carbocycles. The lowest BCUT2D eigenvalue weighted by atomic mass is 9.97. The molecule has 0 spiro atoms. The molecule has 1 saturated heterocycles. The zero-order valence-electron chi connectivity index (χ0n) is 13.8. The predicted molar refractivity (Wildman–Crippen MR) is 93.0 cm³/mol. The Kier molecular flexibility index (Phi) is 4.97. The standard InChI is InChI=1S/C19H21N3O2/c1-24-17-4-2-3-15(11-17)18-6-5-16(12-20)19(23)22(18)13-14-7-9-21-10-8-14/h2-6,11,14,21H,7-10,13H2,1H3. The number of hydrogen-bond acceptors (Lipinski definition) is 4. The molecule has 0 atom stereocenters. The van der Waals surface area contributed by atoms with Gasteiger partial charge in [0.25, 0.3) is 5.56 Å². The van der Waals surface area contributed by atoms with E-state index in [9.17, 15) is 10.1 Å². The van der Waals surface area contributed by atoms with Crippen LogP contribution >= 0.6 is 0 Å². The molecule has 1 aromatic carbocycles. The van der Waals surface area contributed by atoms with Gasteiger partial charge in [-0.15, -0.1) is 0 Å². The molecule has 0 saturated carbocycles. The number of nitrogens with zero attached hydrogens (tertiary/aromatic N) is 2. The van der Waals surface area contributed by atoms with E-state index < -0.39 is 0 Å². The number of rotatable bonds is 4. The number of nitrogens with one attached hydrogen (secondary N) is 1.